The van der Waals surface area contributed by atoms with Gasteiger partial charge in [0.15, 0.2) is 0 Å². The van der Waals surface area contributed by atoms with Gasteiger partial charge < -0.3 is 15.0 Å². The maximum Gasteiger partial charge on any atom is 0.283 e. The molecular weight excluding hydrogens is 485 g/mol. The van der Waals surface area contributed by atoms with Crippen LogP contribution >= 0.6 is 0 Å². The number of imidazole rings is 1. The third kappa shape index (κ3) is 5.62. The standard InChI is InChI=1S/C25H34FN5O4S/c1-25(2,3)24-29-21-13-20(8-9-22(21)30(24)15-17-4-6-19(26)7-5-17)36(34,35)31-16-18(14-28-31)12-23(33)27-10-11-32/h8-9,13-14,16-17,19,32H,4-7,10-12,15H2,1-3H3,(H,27,33). The van der Waals surface area contributed by atoms with Crippen molar-refractivity contribution in [2.45, 2.75) is 75.9 Å². The lowest BCUT2D eigenvalue weighted by Crippen LogP contribution is -2.27. The summed E-state index contributed by atoms with van der Waals surface area (Å²) >= 11 is 0. The summed E-state index contributed by atoms with van der Waals surface area (Å²) in [6, 6.07) is 4.89. The Morgan fingerprint density at radius 3 is 2.61 bits per heavy atom. The molecule has 0 atom stereocenters. The molecule has 4 rings (SSSR count). The fraction of sp³-hybridized carbons (Fsp3) is 0.560. The van der Waals surface area contributed by atoms with Crippen LogP contribution in [-0.4, -0.2) is 57.5 Å². The van der Waals surface area contributed by atoms with Crippen molar-refractivity contribution >= 4 is 27.0 Å². The van der Waals surface area contributed by atoms with Gasteiger partial charge in [-0.05, 0) is 49.8 Å². The van der Waals surface area contributed by atoms with E-state index >= 15 is 0 Å². The molecule has 11 heteroatoms. The number of alkyl halides is 1. The summed E-state index contributed by atoms with van der Waals surface area (Å²) in [7, 11) is -3.99. The Bertz CT molecular complexity index is 1330. The van der Waals surface area contributed by atoms with Crippen molar-refractivity contribution in [3.05, 3.63) is 42.0 Å². The predicted molar refractivity (Wildman–Crippen MR) is 134 cm³/mol. The maximum absolute atomic E-state index is 13.7. The predicted octanol–water partition coefficient (Wildman–Crippen LogP) is 2.95. The monoisotopic (exact) mass is 519 g/mol. The number of hydrogen-bond donors (Lipinski definition) is 2. The third-order valence-corrected chi connectivity index (χ3v) is 8.11. The van der Waals surface area contributed by atoms with E-state index < -0.39 is 16.2 Å². The van der Waals surface area contributed by atoms with Crippen LogP contribution in [0.3, 0.4) is 0 Å². The number of amides is 1. The Kier molecular flexibility index (Phi) is 7.51. The fourth-order valence-electron chi connectivity index (χ4n) is 4.70. The van der Waals surface area contributed by atoms with Gasteiger partial charge in [-0.2, -0.15) is 17.6 Å². The van der Waals surface area contributed by atoms with Crippen molar-refractivity contribution in [2.75, 3.05) is 13.2 Å². The lowest BCUT2D eigenvalue weighted by atomic mass is 9.87. The molecule has 1 aromatic carbocycles. The summed E-state index contributed by atoms with van der Waals surface area (Å²) in [5.74, 6) is 0.892. The third-order valence-electron chi connectivity index (χ3n) is 6.56. The van der Waals surface area contributed by atoms with E-state index in [1.54, 1.807) is 18.2 Å². The molecule has 0 saturated heterocycles. The van der Waals surface area contributed by atoms with E-state index in [-0.39, 0.29) is 35.8 Å². The molecule has 1 amide bonds. The molecule has 3 aromatic rings. The van der Waals surface area contributed by atoms with E-state index in [1.807, 2.05) is 0 Å². The first kappa shape index (κ1) is 26.3. The summed E-state index contributed by atoms with van der Waals surface area (Å²) in [5.41, 5.74) is 1.61. The van der Waals surface area contributed by atoms with Gasteiger partial charge in [0, 0.05) is 30.3 Å². The molecule has 2 aromatic heterocycles. The Morgan fingerprint density at radius 2 is 1.94 bits per heavy atom. The first-order chi connectivity index (χ1) is 17.0. The van der Waals surface area contributed by atoms with Crippen molar-refractivity contribution in [1.82, 2.24) is 24.1 Å². The molecule has 1 aliphatic rings. The molecule has 9 nitrogen and oxygen atoms in total. The van der Waals surface area contributed by atoms with Crippen LogP contribution in [0.5, 0.6) is 0 Å². The van der Waals surface area contributed by atoms with Gasteiger partial charge >= 0.3 is 0 Å². The van der Waals surface area contributed by atoms with Gasteiger partial charge in [0.25, 0.3) is 10.0 Å². The van der Waals surface area contributed by atoms with Crippen LogP contribution in [0.1, 0.15) is 57.8 Å². The number of nitrogens with one attached hydrogen (secondary N) is 1. The number of benzene rings is 1. The largest absolute Gasteiger partial charge is 0.395 e. The van der Waals surface area contributed by atoms with Gasteiger partial charge in [0.2, 0.25) is 5.91 Å². The smallest absolute Gasteiger partial charge is 0.283 e. The zero-order valence-corrected chi connectivity index (χ0v) is 21.8. The minimum atomic E-state index is -3.99. The zero-order chi connectivity index (χ0) is 26.1. The summed E-state index contributed by atoms with van der Waals surface area (Å²) in [5, 5.41) is 15.3. The number of aliphatic hydroxyl groups excluding tert-OH is 1. The molecule has 2 N–H and O–H groups in total. The molecule has 2 heterocycles. The molecule has 1 fully saturated rings. The van der Waals surface area contributed by atoms with Crippen LogP contribution in [0.4, 0.5) is 4.39 Å². The molecule has 36 heavy (non-hydrogen) atoms. The first-order valence-corrected chi connectivity index (χ1v) is 13.7. The maximum atomic E-state index is 13.7. The lowest BCUT2D eigenvalue weighted by Gasteiger charge is -2.27. The quantitative estimate of drug-likeness (QED) is 0.472. The Balaban J connectivity index is 1.63. The number of halogens is 1. The Labute approximate surface area is 210 Å². The van der Waals surface area contributed by atoms with Gasteiger partial charge in [-0.3, -0.25) is 4.79 Å². The zero-order valence-electron chi connectivity index (χ0n) is 20.9. The molecule has 0 bridgehead atoms. The summed E-state index contributed by atoms with van der Waals surface area (Å²) in [6.45, 7) is 6.90. The van der Waals surface area contributed by atoms with E-state index in [1.165, 1.54) is 12.4 Å². The average molecular weight is 520 g/mol. The lowest BCUT2D eigenvalue weighted by molar-refractivity contribution is -0.120. The van der Waals surface area contributed by atoms with Crippen LogP contribution in [0, 0.1) is 5.92 Å². The Morgan fingerprint density at radius 1 is 1.22 bits per heavy atom. The number of rotatable bonds is 8. The number of carbonyl (C=O) groups excluding carboxylic acids is 1. The van der Waals surface area contributed by atoms with Crippen LogP contribution in [-0.2, 0) is 33.2 Å². The van der Waals surface area contributed by atoms with Gasteiger partial charge in [0.1, 0.15) is 12.0 Å². The number of nitrogens with zero attached hydrogens (tertiary/aromatic N) is 4. The summed E-state index contributed by atoms with van der Waals surface area (Å²) < 4.78 is 43.2. The van der Waals surface area contributed by atoms with E-state index in [4.69, 9.17) is 10.1 Å². The highest BCUT2D eigenvalue weighted by Crippen LogP contribution is 2.33. The minimum absolute atomic E-state index is 0.0434. The molecule has 0 aliphatic heterocycles. The Hall–Kier alpha value is -2.79. The van der Waals surface area contributed by atoms with E-state index in [9.17, 15) is 17.6 Å². The average Bonchev–Trinajstić information content (AvgIpc) is 3.44. The van der Waals surface area contributed by atoms with Gasteiger partial charge in [-0.1, -0.05) is 20.8 Å². The first-order valence-electron chi connectivity index (χ1n) is 12.3. The molecular formula is C25H34FN5O4S. The topological polar surface area (TPSA) is 119 Å². The highest BCUT2D eigenvalue weighted by Gasteiger charge is 2.28. The SMILES string of the molecule is CC(C)(C)c1nc2cc(S(=O)(=O)n3cc(CC(=O)NCCO)cn3)ccc2n1CC1CCC(F)CC1. The van der Waals surface area contributed by atoms with Crippen molar-refractivity contribution in [2.24, 2.45) is 5.92 Å². The van der Waals surface area contributed by atoms with Gasteiger partial charge in [0.05, 0.1) is 35.2 Å². The van der Waals surface area contributed by atoms with Gasteiger partial charge in [-0.25, -0.2) is 9.37 Å². The summed E-state index contributed by atoms with van der Waals surface area (Å²) in [6.07, 6.45) is 4.73. The highest BCUT2D eigenvalue weighted by atomic mass is 32.2. The fourth-order valence-corrected chi connectivity index (χ4v) is 5.87. The van der Waals surface area contributed by atoms with E-state index in [2.05, 4.69) is 35.8 Å². The number of aliphatic hydroxyl groups is 1. The summed E-state index contributed by atoms with van der Waals surface area (Å²) in [4.78, 5) is 16.8. The number of hydrogen-bond acceptors (Lipinski definition) is 6. The van der Waals surface area contributed by atoms with Gasteiger partial charge in [-0.15, -0.1) is 0 Å². The second-order valence-corrected chi connectivity index (χ2v) is 12.3. The van der Waals surface area contributed by atoms with E-state index in [0.717, 1.165) is 34.8 Å². The van der Waals surface area contributed by atoms with Crippen LogP contribution < -0.4 is 5.32 Å². The van der Waals surface area contributed by atoms with Crippen molar-refractivity contribution < 1.29 is 22.7 Å². The second kappa shape index (κ2) is 10.3. The molecule has 0 spiro atoms. The number of aromatic nitrogens is 4. The molecule has 0 radical (unpaired) electrons. The van der Waals surface area contributed by atoms with Crippen molar-refractivity contribution in [3.63, 3.8) is 0 Å². The van der Waals surface area contributed by atoms with Crippen molar-refractivity contribution in [3.8, 4) is 0 Å². The normalized spacial score (nSPS) is 19.0. The van der Waals surface area contributed by atoms with Crippen LogP contribution in [0.2, 0.25) is 0 Å². The van der Waals surface area contributed by atoms with Crippen LogP contribution in [0.15, 0.2) is 35.5 Å². The number of fused-ring (bicyclic) bond motifs is 1. The molecule has 0 unspecified atom stereocenters. The highest BCUT2D eigenvalue weighted by molar-refractivity contribution is 7.89. The second-order valence-electron chi connectivity index (χ2n) is 10.5. The number of carbonyl (C=O) groups is 1. The van der Waals surface area contributed by atoms with Crippen LogP contribution in [0.25, 0.3) is 11.0 Å². The van der Waals surface area contributed by atoms with E-state index in [0.29, 0.717) is 29.8 Å². The molecule has 196 valence electrons. The minimum Gasteiger partial charge on any atom is -0.395 e. The van der Waals surface area contributed by atoms with Crippen molar-refractivity contribution in [1.29, 1.82) is 0 Å². The molecule has 1 saturated carbocycles. The molecule has 1 aliphatic carbocycles.